The van der Waals surface area contributed by atoms with Crippen molar-refractivity contribution in [2.75, 3.05) is 0 Å². The van der Waals surface area contributed by atoms with Gasteiger partial charge in [0.05, 0.1) is 9.82 Å². The number of carbonyl (C=O) groups is 1. The topological polar surface area (TPSA) is 118 Å². The quantitative estimate of drug-likeness (QED) is 0.654. The Bertz CT molecular complexity index is 939. The van der Waals surface area contributed by atoms with E-state index in [1.165, 1.54) is 0 Å². The average Bonchev–Trinajstić information content (AvgIpc) is 2.60. The minimum absolute atomic E-state index is 0.0630. The van der Waals surface area contributed by atoms with Crippen molar-refractivity contribution in [3.8, 4) is 0 Å². The van der Waals surface area contributed by atoms with Gasteiger partial charge in [-0.05, 0) is 23.3 Å². The molecule has 0 radical (unpaired) electrons. The van der Waals surface area contributed by atoms with Crippen LogP contribution in [0.3, 0.4) is 0 Å². The lowest BCUT2D eigenvalue weighted by atomic mass is 9.96. The number of nitro groups is 1. The minimum atomic E-state index is -4.11. The first-order valence-corrected chi connectivity index (χ1v) is 8.80. The van der Waals surface area contributed by atoms with Crippen LogP contribution < -0.4 is 0 Å². The molecule has 0 saturated carbocycles. The summed E-state index contributed by atoms with van der Waals surface area (Å²) >= 11 is 0. The van der Waals surface area contributed by atoms with Crippen LogP contribution in [0.5, 0.6) is 0 Å². The first-order chi connectivity index (χ1) is 11.8. The number of aliphatic carboxylic acids is 1. The van der Waals surface area contributed by atoms with Crippen LogP contribution >= 0.6 is 0 Å². The minimum Gasteiger partial charge on any atom is -0.480 e. The third-order valence-corrected chi connectivity index (χ3v) is 6.01. The number of nitro benzene ring substituents is 1. The van der Waals surface area contributed by atoms with Crippen LogP contribution in [-0.4, -0.2) is 34.8 Å². The number of hydrogen-bond donors (Lipinski definition) is 1. The van der Waals surface area contributed by atoms with Crippen LogP contribution in [-0.2, 0) is 27.8 Å². The third-order valence-electron chi connectivity index (χ3n) is 4.14. The van der Waals surface area contributed by atoms with E-state index in [1.54, 1.807) is 24.3 Å². The highest BCUT2D eigenvalue weighted by atomic mass is 32.2. The summed E-state index contributed by atoms with van der Waals surface area (Å²) in [6, 6.07) is 10.2. The van der Waals surface area contributed by atoms with Crippen molar-refractivity contribution < 1.29 is 23.2 Å². The highest BCUT2D eigenvalue weighted by molar-refractivity contribution is 7.89. The fourth-order valence-corrected chi connectivity index (χ4v) is 4.40. The third kappa shape index (κ3) is 3.11. The van der Waals surface area contributed by atoms with Crippen molar-refractivity contribution >= 4 is 21.7 Å². The molecule has 0 aromatic heterocycles. The fourth-order valence-electron chi connectivity index (χ4n) is 2.84. The number of carboxylic acid groups (broad SMARTS) is 1. The SMILES string of the molecule is O=C(O)C1Cc2ccccc2CN1S(=O)(=O)c1ccc([N+](=O)[O-])cc1. The van der Waals surface area contributed by atoms with Gasteiger partial charge in [0.2, 0.25) is 10.0 Å². The standard InChI is InChI=1S/C16H14N2O6S/c19-16(20)15-9-11-3-1-2-4-12(11)10-17(15)25(23,24)14-7-5-13(6-8-14)18(21)22/h1-8,15H,9-10H2,(H,19,20). The van der Waals surface area contributed by atoms with Gasteiger partial charge in [-0.2, -0.15) is 4.31 Å². The van der Waals surface area contributed by atoms with Crippen LogP contribution in [0.25, 0.3) is 0 Å². The molecule has 1 aliphatic heterocycles. The van der Waals surface area contributed by atoms with Gasteiger partial charge in [-0.25, -0.2) is 8.42 Å². The molecule has 0 spiro atoms. The van der Waals surface area contributed by atoms with Crippen molar-refractivity contribution in [1.29, 1.82) is 0 Å². The number of rotatable bonds is 4. The Balaban J connectivity index is 2.02. The molecule has 0 bridgehead atoms. The van der Waals surface area contributed by atoms with Crippen LogP contribution in [0.1, 0.15) is 11.1 Å². The molecule has 25 heavy (non-hydrogen) atoms. The molecule has 0 aliphatic carbocycles. The predicted octanol–water partition coefficient (Wildman–Crippen LogP) is 1.79. The molecule has 3 rings (SSSR count). The van der Waals surface area contributed by atoms with Crippen LogP contribution in [0, 0.1) is 10.1 Å². The molecule has 1 unspecified atom stereocenters. The van der Waals surface area contributed by atoms with Crippen LogP contribution in [0.15, 0.2) is 53.4 Å². The molecule has 1 N–H and O–H groups in total. The van der Waals surface area contributed by atoms with Crippen LogP contribution in [0.2, 0.25) is 0 Å². The summed E-state index contributed by atoms with van der Waals surface area (Å²) in [6.07, 6.45) is 0.0672. The Kier molecular flexibility index (Phi) is 4.27. The molecule has 1 heterocycles. The van der Waals surface area contributed by atoms with E-state index in [-0.39, 0.29) is 23.5 Å². The van der Waals surface area contributed by atoms with Gasteiger partial charge in [0.25, 0.3) is 5.69 Å². The lowest BCUT2D eigenvalue weighted by Crippen LogP contribution is -2.48. The Morgan fingerprint density at radius 2 is 1.72 bits per heavy atom. The molecule has 130 valence electrons. The van der Waals surface area contributed by atoms with Crippen molar-refractivity contribution in [2.45, 2.75) is 23.9 Å². The van der Waals surface area contributed by atoms with E-state index in [2.05, 4.69) is 0 Å². The first kappa shape index (κ1) is 17.1. The summed E-state index contributed by atoms with van der Waals surface area (Å²) in [5, 5.41) is 20.2. The van der Waals surface area contributed by atoms with Gasteiger partial charge >= 0.3 is 5.97 Å². The largest absolute Gasteiger partial charge is 0.480 e. The second kappa shape index (κ2) is 6.26. The van der Waals surface area contributed by atoms with E-state index in [1.807, 2.05) is 0 Å². The van der Waals surface area contributed by atoms with Gasteiger partial charge in [0.1, 0.15) is 6.04 Å². The molecule has 0 saturated heterocycles. The van der Waals surface area contributed by atoms with Gasteiger partial charge in [0.15, 0.2) is 0 Å². The predicted molar refractivity (Wildman–Crippen MR) is 87.4 cm³/mol. The van der Waals surface area contributed by atoms with Crippen molar-refractivity contribution in [3.63, 3.8) is 0 Å². The van der Waals surface area contributed by atoms with Crippen molar-refractivity contribution in [3.05, 3.63) is 69.8 Å². The van der Waals surface area contributed by atoms with Crippen LogP contribution in [0.4, 0.5) is 5.69 Å². The van der Waals surface area contributed by atoms with E-state index in [0.717, 1.165) is 39.7 Å². The number of carboxylic acids is 1. The second-order valence-corrected chi connectivity index (χ2v) is 7.52. The van der Waals surface area contributed by atoms with E-state index in [0.29, 0.717) is 0 Å². The summed E-state index contributed by atoms with van der Waals surface area (Å²) in [7, 11) is -4.11. The molecule has 0 fully saturated rings. The molecule has 2 aromatic rings. The monoisotopic (exact) mass is 362 g/mol. The van der Waals surface area contributed by atoms with Crippen molar-refractivity contribution in [2.24, 2.45) is 0 Å². The van der Waals surface area contributed by atoms with Gasteiger partial charge in [0, 0.05) is 25.1 Å². The Labute approximate surface area is 143 Å². The smallest absolute Gasteiger partial charge is 0.322 e. The number of non-ortho nitro benzene ring substituents is 1. The zero-order valence-electron chi connectivity index (χ0n) is 12.9. The number of sulfonamides is 1. The Morgan fingerprint density at radius 1 is 1.12 bits per heavy atom. The summed E-state index contributed by atoms with van der Waals surface area (Å²) < 4.78 is 26.7. The summed E-state index contributed by atoms with van der Waals surface area (Å²) in [5.41, 5.74) is 1.30. The maximum Gasteiger partial charge on any atom is 0.322 e. The van der Waals surface area contributed by atoms with Gasteiger partial charge in [-0.3, -0.25) is 14.9 Å². The molecule has 1 aliphatic rings. The van der Waals surface area contributed by atoms with E-state index >= 15 is 0 Å². The summed E-state index contributed by atoms with van der Waals surface area (Å²) in [6.45, 7) is -0.0630. The van der Waals surface area contributed by atoms with E-state index in [9.17, 15) is 28.4 Å². The van der Waals surface area contributed by atoms with E-state index < -0.39 is 27.0 Å². The van der Waals surface area contributed by atoms with Gasteiger partial charge in [-0.15, -0.1) is 0 Å². The second-order valence-electron chi connectivity index (χ2n) is 5.63. The van der Waals surface area contributed by atoms with E-state index in [4.69, 9.17) is 0 Å². The Morgan fingerprint density at radius 3 is 2.28 bits per heavy atom. The molecule has 2 aromatic carbocycles. The number of nitrogens with zero attached hydrogens (tertiary/aromatic N) is 2. The van der Waals surface area contributed by atoms with Crippen molar-refractivity contribution in [1.82, 2.24) is 4.31 Å². The molecule has 0 amide bonds. The average molecular weight is 362 g/mol. The molecular weight excluding hydrogens is 348 g/mol. The normalized spacial score (nSPS) is 17.7. The first-order valence-electron chi connectivity index (χ1n) is 7.36. The summed E-state index contributed by atoms with van der Waals surface area (Å²) in [5.74, 6) is -1.24. The number of benzene rings is 2. The lowest BCUT2D eigenvalue weighted by Gasteiger charge is -2.33. The molecule has 9 heteroatoms. The maximum absolute atomic E-state index is 12.9. The fraction of sp³-hybridized carbons (Fsp3) is 0.188. The highest BCUT2D eigenvalue weighted by Crippen LogP contribution is 2.29. The summed E-state index contributed by atoms with van der Waals surface area (Å²) in [4.78, 5) is 21.5. The zero-order chi connectivity index (χ0) is 18.2. The van der Waals surface area contributed by atoms with Gasteiger partial charge in [-0.1, -0.05) is 24.3 Å². The van der Waals surface area contributed by atoms with Gasteiger partial charge < -0.3 is 5.11 Å². The maximum atomic E-state index is 12.9. The molecule has 8 nitrogen and oxygen atoms in total. The lowest BCUT2D eigenvalue weighted by molar-refractivity contribution is -0.384. The molecular formula is C16H14N2O6S. The number of hydrogen-bond acceptors (Lipinski definition) is 5. The highest BCUT2D eigenvalue weighted by Gasteiger charge is 2.39. The number of fused-ring (bicyclic) bond motifs is 1. The Hall–Kier alpha value is -2.78. The zero-order valence-corrected chi connectivity index (χ0v) is 13.7. The molecule has 1 atom stereocenters.